The topological polar surface area (TPSA) is 0 Å². The van der Waals surface area contributed by atoms with E-state index in [1.807, 2.05) is 0 Å². The molecule has 23 heteroatoms. The summed E-state index contributed by atoms with van der Waals surface area (Å²) in [6.07, 6.45) is 0. The van der Waals surface area contributed by atoms with E-state index in [1.54, 1.807) is 0 Å². The number of hydrogen-bond acceptors (Lipinski definition) is 0. The molecule has 0 N–H and O–H groups in total. The Morgan fingerprint density at radius 3 is 0.431 bits per heavy atom. The van der Waals surface area contributed by atoms with Crippen LogP contribution >= 0.6 is 0 Å². The van der Waals surface area contributed by atoms with Gasteiger partial charge in [-0.2, -0.15) is 0 Å². The second-order valence-electron chi connectivity index (χ2n) is 9.44. The van der Waals surface area contributed by atoms with Gasteiger partial charge >= 0.3 is 0 Å². The van der Waals surface area contributed by atoms with Crippen molar-refractivity contribution in [2.24, 2.45) is 0 Å². The molecule has 272 valence electrons. The first-order chi connectivity index (χ1) is 23.1. The third-order valence-corrected chi connectivity index (χ3v) is 12.3. The van der Waals surface area contributed by atoms with Crippen molar-refractivity contribution in [1.82, 2.24) is 0 Å². The van der Waals surface area contributed by atoms with E-state index in [4.69, 9.17) is 0 Å². The molecule has 0 saturated heterocycles. The van der Waals surface area contributed by atoms with Gasteiger partial charge in [0.1, 0.15) is 17.6 Å². The van der Waals surface area contributed by atoms with Crippen LogP contribution in [-0.2, 0) is 27.7 Å². The largest absolute Gasteiger partial charge is 0.204 e. The first-order valence-corrected chi connectivity index (χ1v) is 16.3. The van der Waals surface area contributed by atoms with E-state index in [2.05, 4.69) is 0 Å². The van der Waals surface area contributed by atoms with Gasteiger partial charge in [-0.25, -0.2) is 87.8 Å². The summed E-state index contributed by atoms with van der Waals surface area (Å²) in [7, 11) is -7.15. The van der Waals surface area contributed by atoms with Crippen molar-refractivity contribution in [1.29, 1.82) is 0 Å². The zero-order valence-electron chi connectivity index (χ0n) is 24.7. The van der Waals surface area contributed by atoms with E-state index < -0.39 is 167 Å². The fourth-order valence-electron chi connectivity index (χ4n) is 4.44. The molecule has 0 saturated carbocycles. The maximum atomic E-state index is 13.9. The molecule has 0 aliphatic rings. The molecular weight excluding hydrogens is 973 g/mol. The molecule has 0 bridgehead atoms. The summed E-state index contributed by atoms with van der Waals surface area (Å²) in [6, 6.07) is -1.25. The third kappa shape index (κ3) is 7.40. The zero-order chi connectivity index (χ0) is 38.4. The molecular formula is C28H10F20HgSi2. The fraction of sp³-hybridized carbons (Fsp3) is 0.143. The Balaban J connectivity index is 0.000000347. The minimum absolute atomic E-state index is 0. The van der Waals surface area contributed by atoms with Crippen LogP contribution in [0.3, 0.4) is 0 Å². The molecule has 0 atom stereocenters. The van der Waals surface area contributed by atoms with Crippen molar-refractivity contribution < 1.29 is 115 Å². The Labute approximate surface area is 295 Å². The molecule has 4 aromatic rings. The van der Waals surface area contributed by atoms with Gasteiger partial charge in [0.2, 0.25) is 23.3 Å². The van der Waals surface area contributed by atoms with Gasteiger partial charge in [0.05, 0.1) is 0 Å². The minimum Gasteiger partial charge on any atom is -0.204 e. The van der Waals surface area contributed by atoms with E-state index in [-0.39, 0.29) is 27.7 Å². The predicted octanol–water partition coefficient (Wildman–Crippen LogP) is 7.41. The average Bonchev–Trinajstić information content (AvgIpc) is 3.10. The van der Waals surface area contributed by atoms with E-state index in [0.29, 0.717) is 0 Å². The van der Waals surface area contributed by atoms with Crippen molar-refractivity contribution in [3.63, 3.8) is 0 Å². The summed E-state index contributed by atoms with van der Waals surface area (Å²) in [5.41, 5.74) is 0. The second kappa shape index (κ2) is 16.7. The molecule has 0 aliphatic heterocycles. The first kappa shape index (κ1) is 44.0. The maximum Gasteiger partial charge on any atom is 0.200 e. The van der Waals surface area contributed by atoms with Crippen LogP contribution in [0.25, 0.3) is 0 Å². The van der Waals surface area contributed by atoms with Crippen LogP contribution in [0.1, 0.15) is 13.8 Å². The normalized spacial score (nSPS) is 11.3. The Kier molecular flexibility index (Phi) is 14.4. The van der Waals surface area contributed by atoms with Gasteiger partial charge in [-0.15, -0.1) is 0 Å². The Morgan fingerprint density at radius 2 is 0.333 bits per heavy atom. The molecule has 2 radical (unpaired) electrons. The summed E-state index contributed by atoms with van der Waals surface area (Å²) in [4.78, 5) is 0. The van der Waals surface area contributed by atoms with Crippen molar-refractivity contribution in [2.45, 2.75) is 25.9 Å². The van der Waals surface area contributed by atoms with Crippen LogP contribution in [0.5, 0.6) is 0 Å². The molecule has 0 spiro atoms. The van der Waals surface area contributed by atoms with Gasteiger partial charge in [-0.05, 0) is 0 Å². The Bertz CT molecular complexity index is 1620. The first-order valence-electron chi connectivity index (χ1n) is 12.9. The molecule has 0 fully saturated rings. The number of halogens is 20. The van der Waals surface area contributed by atoms with Crippen LogP contribution in [0.4, 0.5) is 87.8 Å². The van der Waals surface area contributed by atoms with Crippen LogP contribution in [0.15, 0.2) is 0 Å². The number of benzene rings is 4. The fourth-order valence-corrected chi connectivity index (χ4v) is 9.35. The Hall–Kier alpha value is -3.15. The number of hydrogen-bond donors (Lipinski definition) is 0. The standard InChI is InChI=1S/2C14H5F10Si.Hg/c2*1-2-25(13-9(21)5(17)3(15)6(18)10(13)22)14-11(23)7(19)4(16)8(20)12(14)24;/h2*2H2,1H3;. The summed E-state index contributed by atoms with van der Waals surface area (Å²) < 4.78 is 270. The van der Waals surface area contributed by atoms with E-state index in [9.17, 15) is 87.8 Å². The van der Waals surface area contributed by atoms with Gasteiger partial charge in [0.15, 0.2) is 93.1 Å². The molecule has 0 unspecified atom stereocenters. The smallest absolute Gasteiger partial charge is 0.200 e. The summed E-state index contributed by atoms with van der Waals surface area (Å²) in [5, 5.41) is -6.36. The molecule has 0 aromatic heterocycles. The van der Waals surface area contributed by atoms with Crippen LogP contribution in [-0.4, -0.2) is 17.6 Å². The second-order valence-corrected chi connectivity index (χ2v) is 14.8. The van der Waals surface area contributed by atoms with E-state index in [0.717, 1.165) is 13.8 Å². The van der Waals surface area contributed by atoms with Crippen molar-refractivity contribution >= 4 is 38.3 Å². The van der Waals surface area contributed by atoms with Crippen LogP contribution < -0.4 is 20.7 Å². The average molecular weight is 983 g/mol. The zero-order valence-corrected chi connectivity index (χ0v) is 32.2. The molecule has 0 heterocycles. The molecule has 0 amide bonds. The quantitative estimate of drug-likeness (QED) is 0.0819. The van der Waals surface area contributed by atoms with Gasteiger partial charge in [-0.1, -0.05) is 25.9 Å². The molecule has 0 aliphatic carbocycles. The van der Waals surface area contributed by atoms with Crippen molar-refractivity contribution in [3.8, 4) is 0 Å². The maximum absolute atomic E-state index is 13.9. The molecule has 4 aromatic carbocycles. The Morgan fingerprint density at radius 1 is 0.235 bits per heavy atom. The van der Waals surface area contributed by atoms with Gasteiger partial charge in [-0.3, -0.25) is 0 Å². The third-order valence-electron chi connectivity index (χ3n) is 6.75. The molecule has 0 nitrogen and oxygen atoms in total. The van der Waals surface area contributed by atoms with Crippen molar-refractivity contribution in [3.05, 3.63) is 116 Å². The monoisotopic (exact) mass is 984 g/mol. The van der Waals surface area contributed by atoms with Crippen LogP contribution in [0, 0.1) is 116 Å². The van der Waals surface area contributed by atoms with Gasteiger partial charge < -0.3 is 0 Å². The molecule has 51 heavy (non-hydrogen) atoms. The SMILES string of the molecule is CC[Si](c1c(F)c(F)c(F)c(F)c1F)c1c(F)c(F)c(F)c(F)c1F.CC[Si](c1c(F)c(F)c(F)c(F)c1F)c1c(F)c(F)c(F)c(F)c1F.[Hg]. The van der Waals surface area contributed by atoms with Crippen LogP contribution in [0.2, 0.25) is 12.1 Å². The predicted molar refractivity (Wildman–Crippen MR) is 136 cm³/mol. The number of rotatable bonds is 6. The van der Waals surface area contributed by atoms with Gasteiger partial charge in [0, 0.05) is 48.4 Å². The van der Waals surface area contributed by atoms with E-state index >= 15 is 0 Å². The summed E-state index contributed by atoms with van der Waals surface area (Å²) in [5.74, 6) is -48.1. The van der Waals surface area contributed by atoms with Crippen molar-refractivity contribution in [2.75, 3.05) is 0 Å². The van der Waals surface area contributed by atoms with Gasteiger partial charge in [0.25, 0.3) is 0 Å². The molecule has 4 rings (SSSR count). The van der Waals surface area contributed by atoms with E-state index in [1.165, 1.54) is 0 Å². The minimum atomic E-state index is -3.57. The summed E-state index contributed by atoms with van der Waals surface area (Å²) >= 11 is 0. The summed E-state index contributed by atoms with van der Waals surface area (Å²) in [6.45, 7) is 2.09.